The smallest absolute Gasteiger partial charge is 0.338 e. The molecule has 0 aliphatic heterocycles. The van der Waals surface area contributed by atoms with Gasteiger partial charge in [0.1, 0.15) is 5.82 Å². The summed E-state index contributed by atoms with van der Waals surface area (Å²) < 4.78 is 18.0. The third kappa shape index (κ3) is 2.32. The topological polar surface area (TPSA) is 26.3 Å². The van der Waals surface area contributed by atoms with Gasteiger partial charge in [0.2, 0.25) is 0 Å². The fourth-order valence-corrected chi connectivity index (χ4v) is 1.66. The first-order chi connectivity index (χ1) is 6.70. The van der Waals surface area contributed by atoms with Crippen molar-refractivity contribution in [3.05, 3.63) is 35.1 Å². The van der Waals surface area contributed by atoms with Crippen LogP contribution in [0.1, 0.15) is 22.8 Å². The van der Waals surface area contributed by atoms with Gasteiger partial charge in [-0.1, -0.05) is 22.0 Å². The van der Waals surface area contributed by atoms with Gasteiger partial charge in [-0.2, -0.15) is 0 Å². The second-order valence-electron chi connectivity index (χ2n) is 2.62. The molecule has 0 radical (unpaired) electrons. The number of alkyl halides is 1. The molecule has 0 fully saturated rings. The Bertz CT molecular complexity index is 339. The zero-order valence-electron chi connectivity index (χ0n) is 7.72. The van der Waals surface area contributed by atoms with E-state index in [0.717, 1.165) is 0 Å². The largest absolute Gasteiger partial charge is 0.462 e. The van der Waals surface area contributed by atoms with Crippen LogP contribution in [0.25, 0.3) is 0 Å². The van der Waals surface area contributed by atoms with Crippen molar-refractivity contribution in [2.24, 2.45) is 0 Å². The second kappa shape index (κ2) is 5.10. The molecule has 0 spiro atoms. The zero-order valence-corrected chi connectivity index (χ0v) is 9.30. The molecule has 0 unspecified atom stereocenters. The van der Waals surface area contributed by atoms with Gasteiger partial charge in [-0.3, -0.25) is 0 Å². The van der Waals surface area contributed by atoms with Gasteiger partial charge in [0, 0.05) is 10.9 Å². The summed E-state index contributed by atoms with van der Waals surface area (Å²) in [6, 6.07) is 4.37. The average Bonchev–Trinajstić information content (AvgIpc) is 2.17. The predicted molar refractivity (Wildman–Crippen MR) is 55.0 cm³/mol. The van der Waals surface area contributed by atoms with Crippen molar-refractivity contribution < 1.29 is 13.9 Å². The Morgan fingerprint density at radius 3 is 2.86 bits per heavy atom. The van der Waals surface area contributed by atoms with E-state index < -0.39 is 11.8 Å². The Labute approximate surface area is 90.2 Å². The fourth-order valence-electron chi connectivity index (χ4n) is 1.09. The summed E-state index contributed by atoms with van der Waals surface area (Å²) in [7, 11) is 0. The van der Waals surface area contributed by atoms with Gasteiger partial charge in [0.15, 0.2) is 0 Å². The van der Waals surface area contributed by atoms with Crippen molar-refractivity contribution in [1.29, 1.82) is 0 Å². The third-order valence-corrected chi connectivity index (χ3v) is 2.31. The molecule has 0 aliphatic rings. The van der Waals surface area contributed by atoms with Crippen molar-refractivity contribution in [3.63, 3.8) is 0 Å². The number of benzene rings is 1. The van der Waals surface area contributed by atoms with Crippen molar-refractivity contribution in [1.82, 2.24) is 0 Å². The number of ether oxygens (including phenoxy) is 1. The summed E-state index contributed by atoms with van der Waals surface area (Å²) >= 11 is 3.13. The molecule has 0 aliphatic carbocycles. The molecule has 0 amide bonds. The highest BCUT2D eigenvalue weighted by molar-refractivity contribution is 9.08. The molecule has 1 rings (SSSR count). The maximum absolute atomic E-state index is 13.2. The highest BCUT2D eigenvalue weighted by Gasteiger charge is 2.14. The van der Waals surface area contributed by atoms with Crippen LogP contribution in [0.15, 0.2) is 18.2 Å². The van der Waals surface area contributed by atoms with Crippen LogP contribution in [0.5, 0.6) is 0 Å². The standard InChI is InChI=1S/C10H10BrFO2/c1-2-14-10(13)7-4-3-5-9(12)8(7)6-11/h3-5H,2,6H2,1H3. The lowest BCUT2D eigenvalue weighted by Crippen LogP contribution is -2.08. The van der Waals surface area contributed by atoms with Crippen LogP contribution in [-0.4, -0.2) is 12.6 Å². The SMILES string of the molecule is CCOC(=O)c1cccc(F)c1CBr. The first-order valence-electron chi connectivity index (χ1n) is 4.21. The minimum absolute atomic E-state index is 0.281. The van der Waals surface area contributed by atoms with E-state index in [4.69, 9.17) is 4.74 Å². The molecule has 0 atom stereocenters. The van der Waals surface area contributed by atoms with Crippen molar-refractivity contribution in [2.75, 3.05) is 6.61 Å². The van der Waals surface area contributed by atoms with Gasteiger partial charge in [-0.05, 0) is 19.1 Å². The molecule has 0 saturated heterocycles. The minimum atomic E-state index is -0.485. The van der Waals surface area contributed by atoms with E-state index in [1.807, 2.05) is 0 Å². The first-order valence-corrected chi connectivity index (χ1v) is 5.33. The van der Waals surface area contributed by atoms with Gasteiger partial charge in [-0.15, -0.1) is 0 Å². The van der Waals surface area contributed by atoms with Gasteiger partial charge in [0.05, 0.1) is 12.2 Å². The molecule has 0 aromatic heterocycles. The van der Waals surface area contributed by atoms with Crippen LogP contribution in [0, 0.1) is 5.82 Å². The van der Waals surface area contributed by atoms with E-state index in [2.05, 4.69) is 15.9 Å². The molecule has 0 N–H and O–H groups in total. The second-order valence-corrected chi connectivity index (χ2v) is 3.18. The lowest BCUT2D eigenvalue weighted by molar-refractivity contribution is 0.0525. The molecule has 4 heteroatoms. The monoisotopic (exact) mass is 260 g/mol. The summed E-state index contributed by atoms with van der Waals surface area (Å²) in [5, 5.41) is 0.299. The lowest BCUT2D eigenvalue weighted by atomic mass is 10.1. The molecule has 0 heterocycles. The van der Waals surface area contributed by atoms with E-state index >= 15 is 0 Å². The van der Waals surface area contributed by atoms with Crippen LogP contribution in [-0.2, 0) is 10.1 Å². The van der Waals surface area contributed by atoms with E-state index in [9.17, 15) is 9.18 Å². The highest BCUT2D eigenvalue weighted by atomic mass is 79.9. The third-order valence-electron chi connectivity index (χ3n) is 1.75. The van der Waals surface area contributed by atoms with Gasteiger partial charge < -0.3 is 4.74 Å². The summed E-state index contributed by atoms with van der Waals surface area (Å²) in [5.41, 5.74) is 0.620. The Morgan fingerprint density at radius 1 is 1.57 bits per heavy atom. The molecule has 14 heavy (non-hydrogen) atoms. The quantitative estimate of drug-likeness (QED) is 0.617. The van der Waals surface area contributed by atoms with E-state index in [0.29, 0.717) is 10.9 Å². The number of hydrogen-bond acceptors (Lipinski definition) is 2. The van der Waals surface area contributed by atoms with E-state index in [1.54, 1.807) is 13.0 Å². The summed E-state index contributed by atoms with van der Waals surface area (Å²) in [6.45, 7) is 2.00. The number of carbonyl (C=O) groups is 1. The molecule has 1 aromatic rings. The van der Waals surface area contributed by atoms with Crippen LogP contribution in [0.3, 0.4) is 0 Å². The Balaban J connectivity index is 3.07. The Kier molecular flexibility index (Phi) is 4.07. The minimum Gasteiger partial charge on any atom is -0.462 e. The van der Waals surface area contributed by atoms with Crippen molar-refractivity contribution in [2.45, 2.75) is 12.3 Å². The number of halogens is 2. The van der Waals surface area contributed by atoms with Crippen molar-refractivity contribution >= 4 is 21.9 Å². The normalized spacial score (nSPS) is 9.93. The van der Waals surface area contributed by atoms with Gasteiger partial charge >= 0.3 is 5.97 Å². The van der Waals surface area contributed by atoms with Gasteiger partial charge in [-0.25, -0.2) is 9.18 Å². The number of carbonyl (C=O) groups excluding carboxylic acids is 1. The molecular formula is C10H10BrFO2. The van der Waals surface area contributed by atoms with Crippen LogP contribution >= 0.6 is 15.9 Å². The van der Waals surface area contributed by atoms with E-state index in [-0.39, 0.29) is 12.2 Å². The summed E-state index contributed by atoms with van der Waals surface area (Å²) in [5.74, 6) is -0.881. The maximum atomic E-state index is 13.2. The maximum Gasteiger partial charge on any atom is 0.338 e. The molecule has 0 saturated carbocycles. The number of esters is 1. The highest BCUT2D eigenvalue weighted by Crippen LogP contribution is 2.17. The first kappa shape index (κ1) is 11.2. The number of hydrogen-bond donors (Lipinski definition) is 0. The molecule has 76 valence electrons. The fraction of sp³-hybridized carbons (Fsp3) is 0.300. The zero-order chi connectivity index (χ0) is 10.6. The Hall–Kier alpha value is -0.900. The average molecular weight is 261 g/mol. The molecule has 0 bridgehead atoms. The molecular weight excluding hydrogens is 251 g/mol. The lowest BCUT2D eigenvalue weighted by Gasteiger charge is -2.06. The molecule has 2 nitrogen and oxygen atoms in total. The van der Waals surface area contributed by atoms with Crippen molar-refractivity contribution in [3.8, 4) is 0 Å². The van der Waals surface area contributed by atoms with Crippen LogP contribution in [0.2, 0.25) is 0 Å². The number of rotatable bonds is 3. The summed E-state index contributed by atoms with van der Waals surface area (Å²) in [6.07, 6.45) is 0. The van der Waals surface area contributed by atoms with Gasteiger partial charge in [0.25, 0.3) is 0 Å². The van der Waals surface area contributed by atoms with E-state index in [1.165, 1.54) is 12.1 Å². The van der Waals surface area contributed by atoms with Crippen LogP contribution in [0.4, 0.5) is 4.39 Å². The summed E-state index contributed by atoms with van der Waals surface area (Å²) in [4.78, 5) is 11.4. The van der Waals surface area contributed by atoms with Crippen LogP contribution < -0.4 is 0 Å². The predicted octanol–water partition coefficient (Wildman–Crippen LogP) is 2.90. The molecule has 1 aromatic carbocycles. The Morgan fingerprint density at radius 2 is 2.29 bits per heavy atom.